The molecule has 1 aromatic rings. The second-order valence-electron chi connectivity index (χ2n) is 4.41. The molecule has 1 aliphatic rings. The molecule has 1 amide bonds. The fourth-order valence-corrected chi connectivity index (χ4v) is 1.78. The molecule has 0 saturated heterocycles. The number of ether oxygens (including phenoxy) is 1. The molecule has 0 radical (unpaired) electrons. The Balaban J connectivity index is 1.91. The number of alkyl carbamates (subject to hydrolysis) is 1. The summed E-state index contributed by atoms with van der Waals surface area (Å²) in [4.78, 5) is 11.4. The second kappa shape index (κ2) is 5.91. The van der Waals surface area contributed by atoms with Gasteiger partial charge in [-0.05, 0) is 30.9 Å². The van der Waals surface area contributed by atoms with E-state index in [2.05, 4.69) is 11.9 Å². The minimum Gasteiger partial charge on any atom is -0.445 e. The van der Waals surface area contributed by atoms with Crippen molar-refractivity contribution in [2.24, 2.45) is 0 Å². The van der Waals surface area contributed by atoms with Gasteiger partial charge in [-0.25, -0.2) is 4.79 Å². The molecule has 1 aliphatic carbocycles. The van der Waals surface area contributed by atoms with Crippen LogP contribution in [0.2, 0.25) is 5.02 Å². The van der Waals surface area contributed by atoms with E-state index in [4.69, 9.17) is 16.3 Å². The van der Waals surface area contributed by atoms with Gasteiger partial charge in [0.05, 0.1) is 0 Å². The molecule has 2 rings (SSSR count). The number of carbonyl (C=O) groups excluding carboxylic acids is 1. The Morgan fingerprint density at radius 3 is 3.00 bits per heavy atom. The third-order valence-corrected chi connectivity index (χ3v) is 3.12. The SMILES string of the molecule is C=CCc1ccc(Cl)c(COC(=O)NC2CC2)c1. The number of rotatable bonds is 5. The average molecular weight is 266 g/mol. The predicted octanol–water partition coefficient (Wildman–Crippen LogP) is 3.46. The van der Waals surface area contributed by atoms with E-state index in [1.807, 2.05) is 24.3 Å². The third kappa shape index (κ3) is 3.77. The summed E-state index contributed by atoms with van der Waals surface area (Å²) in [7, 11) is 0. The number of hydrogen-bond donors (Lipinski definition) is 1. The predicted molar refractivity (Wildman–Crippen MR) is 71.7 cm³/mol. The van der Waals surface area contributed by atoms with Gasteiger partial charge in [0.25, 0.3) is 0 Å². The van der Waals surface area contributed by atoms with Crippen LogP contribution >= 0.6 is 11.6 Å². The normalized spacial score (nSPS) is 14.1. The van der Waals surface area contributed by atoms with Crippen LogP contribution in [-0.4, -0.2) is 12.1 Å². The largest absolute Gasteiger partial charge is 0.445 e. The quantitative estimate of drug-likeness (QED) is 0.828. The van der Waals surface area contributed by atoms with Gasteiger partial charge in [-0.3, -0.25) is 0 Å². The minimum atomic E-state index is -0.373. The summed E-state index contributed by atoms with van der Waals surface area (Å²) in [5.41, 5.74) is 1.93. The first-order valence-corrected chi connectivity index (χ1v) is 6.38. The van der Waals surface area contributed by atoms with Crippen LogP contribution < -0.4 is 5.32 Å². The van der Waals surface area contributed by atoms with Crippen molar-refractivity contribution in [3.05, 3.63) is 47.0 Å². The van der Waals surface area contributed by atoms with Gasteiger partial charge in [-0.2, -0.15) is 0 Å². The summed E-state index contributed by atoms with van der Waals surface area (Å²) in [6.07, 6.45) is 4.32. The summed E-state index contributed by atoms with van der Waals surface area (Å²) in [6, 6.07) is 6.00. The molecule has 18 heavy (non-hydrogen) atoms. The molecule has 4 heteroatoms. The Morgan fingerprint density at radius 1 is 1.56 bits per heavy atom. The van der Waals surface area contributed by atoms with Crippen LogP contribution in [0.25, 0.3) is 0 Å². The molecule has 0 bridgehead atoms. The summed E-state index contributed by atoms with van der Waals surface area (Å²) < 4.78 is 5.13. The van der Waals surface area contributed by atoms with Crippen LogP contribution in [0.4, 0.5) is 4.79 Å². The molecule has 0 unspecified atom stereocenters. The van der Waals surface area contributed by atoms with Crippen molar-refractivity contribution in [1.82, 2.24) is 5.32 Å². The van der Waals surface area contributed by atoms with Crippen molar-refractivity contribution < 1.29 is 9.53 Å². The molecular formula is C14H16ClNO2. The molecule has 0 aromatic heterocycles. The maximum atomic E-state index is 11.4. The Kier molecular flexibility index (Phi) is 4.26. The molecule has 1 N–H and O–H groups in total. The Labute approximate surface area is 112 Å². The van der Waals surface area contributed by atoms with Gasteiger partial charge in [-0.1, -0.05) is 29.8 Å². The summed E-state index contributed by atoms with van der Waals surface area (Å²) >= 11 is 6.06. The monoisotopic (exact) mass is 265 g/mol. The molecule has 0 heterocycles. The maximum absolute atomic E-state index is 11.4. The van der Waals surface area contributed by atoms with Crippen LogP contribution in [0.15, 0.2) is 30.9 Å². The summed E-state index contributed by atoms with van der Waals surface area (Å²) in [6.45, 7) is 3.89. The molecule has 1 fully saturated rings. The molecule has 3 nitrogen and oxygen atoms in total. The van der Waals surface area contributed by atoms with Gasteiger partial charge in [0.15, 0.2) is 0 Å². The van der Waals surface area contributed by atoms with Crippen molar-refractivity contribution in [2.75, 3.05) is 0 Å². The van der Waals surface area contributed by atoms with Crippen molar-refractivity contribution in [1.29, 1.82) is 0 Å². The zero-order chi connectivity index (χ0) is 13.0. The molecule has 1 aromatic carbocycles. The van der Waals surface area contributed by atoms with E-state index in [0.29, 0.717) is 11.1 Å². The van der Waals surface area contributed by atoms with Crippen LogP contribution in [0, 0.1) is 0 Å². The smallest absolute Gasteiger partial charge is 0.407 e. The van der Waals surface area contributed by atoms with Crippen LogP contribution in [0.1, 0.15) is 24.0 Å². The zero-order valence-electron chi connectivity index (χ0n) is 10.1. The lowest BCUT2D eigenvalue weighted by Crippen LogP contribution is -2.26. The minimum absolute atomic E-state index is 0.197. The standard InChI is InChI=1S/C14H16ClNO2/c1-2-3-10-4-7-13(15)11(8-10)9-18-14(17)16-12-5-6-12/h2,4,7-8,12H,1,3,5-6,9H2,(H,16,17). The summed E-state index contributed by atoms with van der Waals surface area (Å²) in [5, 5.41) is 3.38. The average Bonchev–Trinajstić information content (AvgIpc) is 3.14. The van der Waals surface area contributed by atoms with E-state index in [0.717, 1.165) is 30.4 Å². The Morgan fingerprint density at radius 2 is 2.33 bits per heavy atom. The fraction of sp³-hybridized carbons (Fsp3) is 0.357. The number of allylic oxidation sites excluding steroid dienone is 1. The lowest BCUT2D eigenvalue weighted by atomic mass is 10.1. The zero-order valence-corrected chi connectivity index (χ0v) is 10.9. The molecule has 1 saturated carbocycles. The number of halogens is 1. The van der Waals surface area contributed by atoms with E-state index < -0.39 is 0 Å². The van der Waals surface area contributed by atoms with Crippen molar-refractivity contribution in [2.45, 2.75) is 31.9 Å². The molecule has 0 spiro atoms. The van der Waals surface area contributed by atoms with Crippen LogP contribution in [0.3, 0.4) is 0 Å². The van der Waals surface area contributed by atoms with Gasteiger partial charge in [0, 0.05) is 16.6 Å². The van der Waals surface area contributed by atoms with E-state index in [1.165, 1.54) is 0 Å². The number of carbonyl (C=O) groups is 1. The van der Waals surface area contributed by atoms with E-state index in [1.54, 1.807) is 0 Å². The lowest BCUT2D eigenvalue weighted by molar-refractivity contribution is 0.139. The first kappa shape index (κ1) is 13.0. The third-order valence-electron chi connectivity index (χ3n) is 2.75. The van der Waals surface area contributed by atoms with Gasteiger partial charge in [-0.15, -0.1) is 6.58 Å². The van der Waals surface area contributed by atoms with Crippen LogP contribution in [-0.2, 0) is 17.8 Å². The highest BCUT2D eigenvalue weighted by molar-refractivity contribution is 6.31. The fourth-order valence-electron chi connectivity index (χ4n) is 1.61. The molecular weight excluding hydrogens is 250 g/mol. The van der Waals surface area contributed by atoms with Gasteiger partial charge >= 0.3 is 6.09 Å². The van der Waals surface area contributed by atoms with Gasteiger partial charge in [0.2, 0.25) is 0 Å². The highest BCUT2D eigenvalue weighted by Gasteiger charge is 2.23. The van der Waals surface area contributed by atoms with Crippen molar-refractivity contribution >= 4 is 17.7 Å². The first-order valence-electron chi connectivity index (χ1n) is 6.00. The first-order chi connectivity index (χ1) is 8.69. The number of hydrogen-bond acceptors (Lipinski definition) is 2. The van der Waals surface area contributed by atoms with Crippen molar-refractivity contribution in [3.8, 4) is 0 Å². The number of benzene rings is 1. The molecule has 0 aliphatic heterocycles. The molecule has 96 valence electrons. The van der Waals surface area contributed by atoms with E-state index in [9.17, 15) is 4.79 Å². The van der Waals surface area contributed by atoms with Gasteiger partial charge in [0.1, 0.15) is 6.61 Å². The highest BCUT2D eigenvalue weighted by Crippen LogP contribution is 2.21. The summed E-state index contributed by atoms with van der Waals surface area (Å²) in [5.74, 6) is 0. The van der Waals surface area contributed by atoms with Crippen LogP contribution in [0.5, 0.6) is 0 Å². The maximum Gasteiger partial charge on any atom is 0.407 e. The van der Waals surface area contributed by atoms with E-state index in [-0.39, 0.29) is 12.7 Å². The van der Waals surface area contributed by atoms with Crippen molar-refractivity contribution in [3.63, 3.8) is 0 Å². The highest BCUT2D eigenvalue weighted by atomic mass is 35.5. The molecule has 0 atom stereocenters. The van der Waals surface area contributed by atoms with Gasteiger partial charge < -0.3 is 10.1 Å². The number of nitrogens with one attached hydrogen (secondary N) is 1. The second-order valence-corrected chi connectivity index (χ2v) is 4.82. The lowest BCUT2D eigenvalue weighted by Gasteiger charge is -2.08. The topological polar surface area (TPSA) is 38.3 Å². The van der Waals surface area contributed by atoms with E-state index >= 15 is 0 Å². The Bertz CT molecular complexity index is 455. The number of amides is 1. The Hall–Kier alpha value is -1.48.